The summed E-state index contributed by atoms with van der Waals surface area (Å²) in [4.78, 5) is 34.0. The number of nitrogens with one attached hydrogen (secondary N) is 1. The molecule has 1 fully saturated rings. The van der Waals surface area contributed by atoms with Crippen molar-refractivity contribution in [1.29, 1.82) is 0 Å². The van der Waals surface area contributed by atoms with E-state index in [1.807, 2.05) is 44.2 Å². The zero-order chi connectivity index (χ0) is 19.8. The maximum absolute atomic E-state index is 12.5. The molecule has 0 radical (unpaired) electrons. The van der Waals surface area contributed by atoms with Crippen LogP contribution in [0, 0.1) is 13.8 Å². The Labute approximate surface area is 166 Å². The Morgan fingerprint density at radius 3 is 2.79 bits per heavy atom. The lowest BCUT2D eigenvalue weighted by molar-refractivity contribution is -0.161. The lowest BCUT2D eigenvalue weighted by Crippen LogP contribution is -2.25. The Kier molecular flexibility index (Phi) is 5.03. The van der Waals surface area contributed by atoms with E-state index in [4.69, 9.17) is 9.47 Å². The van der Waals surface area contributed by atoms with Crippen LogP contribution < -0.4 is 5.56 Å². The van der Waals surface area contributed by atoms with E-state index in [1.54, 1.807) is 6.92 Å². The van der Waals surface area contributed by atoms with Crippen LogP contribution in [0.4, 0.5) is 0 Å². The maximum Gasteiger partial charge on any atom is 0.335 e. The highest BCUT2D eigenvalue weighted by Crippen LogP contribution is 2.34. The number of fused-ring (bicyclic) bond motifs is 1. The second kappa shape index (κ2) is 7.48. The number of rotatable bonds is 4. The highest BCUT2D eigenvalue weighted by Gasteiger charge is 2.34. The third kappa shape index (κ3) is 3.47. The van der Waals surface area contributed by atoms with E-state index in [1.165, 1.54) is 11.3 Å². The number of H-pyrrole nitrogens is 1. The van der Waals surface area contributed by atoms with E-state index in [-0.39, 0.29) is 11.7 Å². The standard InChI is InChI=1S/C21H22N2O4S/c1-11-13(3)28-20-17(11)19(24)22-18(23-20)12(2)26-21(25)16-10-9-15(27-16)14-7-5-4-6-8-14/h4-8,12,15-16H,9-10H2,1-3H3,(H,22,23,24)/t12?,15-,16+/m0/s1. The molecule has 2 aromatic heterocycles. The van der Waals surface area contributed by atoms with Crippen LogP contribution in [-0.2, 0) is 14.3 Å². The van der Waals surface area contributed by atoms with E-state index in [2.05, 4.69) is 9.97 Å². The Bertz CT molecular complexity index is 1070. The summed E-state index contributed by atoms with van der Waals surface area (Å²) in [6, 6.07) is 9.86. The molecule has 1 saturated heterocycles. The number of thiophene rings is 1. The Morgan fingerprint density at radius 2 is 2.04 bits per heavy atom. The van der Waals surface area contributed by atoms with Gasteiger partial charge in [-0.05, 0) is 44.7 Å². The number of hydrogen-bond donors (Lipinski definition) is 1. The first kappa shape index (κ1) is 18.8. The highest BCUT2D eigenvalue weighted by atomic mass is 32.1. The molecule has 7 heteroatoms. The number of carbonyl (C=O) groups excluding carboxylic acids is 1. The molecule has 0 aliphatic carbocycles. The molecule has 3 aromatic rings. The Hall–Kier alpha value is -2.51. The second-order valence-electron chi connectivity index (χ2n) is 7.10. The molecule has 3 heterocycles. The molecular weight excluding hydrogens is 376 g/mol. The van der Waals surface area contributed by atoms with Gasteiger partial charge in [-0.15, -0.1) is 11.3 Å². The first-order chi connectivity index (χ1) is 13.4. The molecule has 6 nitrogen and oxygen atoms in total. The lowest BCUT2D eigenvalue weighted by atomic mass is 10.1. The van der Waals surface area contributed by atoms with Crippen molar-refractivity contribution in [2.45, 2.75) is 51.9 Å². The van der Waals surface area contributed by atoms with Gasteiger partial charge >= 0.3 is 5.97 Å². The zero-order valence-electron chi connectivity index (χ0n) is 16.0. The number of benzene rings is 1. The van der Waals surface area contributed by atoms with E-state index in [0.717, 1.165) is 22.4 Å². The van der Waals surface area contributed by atoms with Crippen LogP contribution >= 0.6 is 11.3 Å². The minimum absolute atomic E-state index is 0.0968. The maximum atomic E-state index is 12.5. The van der Waals surface area contributed by atoms with Crippen molar-refractivity contribution < 1.29 is 14.3 Å². The van der Waals surface area contributed by atoms with Crippen molar-refractivity contribution in [3.05, 3.63) is 62.5 Å². The van der Waals surface area contributed by atoms with Crippen molar-refractivity contribution in [3.8, 4) is 0 Å². The van der Waals surface area contributed by atoms with Gasteiger partial charge in [0.1, 0.15) is 4.83 Å². The molecule has 28 heavy (non-hydrogen) atoms. The monoisotopic (exact) mass is 398 g/mol. The molecule has 1 aromatic carbocycles. The van der Waals surface area contributed by atoms with Gasteiger partial charge in [-0.1, -0.05) is 30.3 Å². The van der Waals surface area contributed by atoms with Gasteiger partial charge in [-0.2, -0.15) is 0 Å². The number of esters is 1. The molecule has 3 atom stereocenters. The van der Waals surface area contributed by atoms with Crippen LogP contribution in [0.3, 0.4) is 0 Å². The van der Waals surface area contributed by atoms with E-state index in [0.29, 0.717) is 22.5 Å². The molecule has 0 saturated carbocycles. The van der Waals surface area contributed by atoms with Crippen molar-refractivity contribution in [3.63, 3.8) is 0 Å². The average molecular weight is 398 g/mol. The molecule has 1 N–H and O–H groups in total. The summed E-state index contributed by atoms with van der Waals surface area (Å²) in [7, 11) is 0. The van der Waals surface area contributed by atoms with Gasteiger partial charge in [0.05, 0.1) is 11.5 Å². The van der Waals surface area contributed by atoms with Crippen molar-refractivity contribution in [1.82, 2.24) is 9.97 Å². The van der Waals surface area contributed by atoms with Crippen molar-refractivity contribution >= 4 is 27.5 Å². The van der Waals surface area contributed by atoms with Gasteiger partial charge < -0.3 is 14.5 Å². The average Bonchev–Trinajstić information content (AvgIpc) is 3.28. The van der Waals surface area contributed by atoms with E-state index in [9.17, 15) is 9.59 Å². The fourth-order valence-corrected chi connectivity index (χ4v) is 4.53. The summed E-state index contributed by atoms with van der Waals surface area (Å²) in [6.07, 6.45) is 0.0195. The molecule has 1 aliphatic heterocycles. The predicted molar refractivity (Wildman–Crippen MR) is 108 cm³/mol. The number of aryl methyl sites for hydroxylation is 2. The van der Waals surface area contributed by atoms with Crippen molar-refractivity contribution in [2.75, 3.05) is 0 Å². The number of ether oxygens (including phenoxy) is 2. The van der Waals surface area contributed by atoms with Crippen LogP contribution in [0.2, 0.25) is 0 Å². The molecule has 0 spiro atoms. The molecule has 1 aliphatic rings. The topological polar surface area (TPSA) is 81.3 Å². The minimum Gasteiger partial charge on any atom is -0.453 e. The normalized spacial score (nSPS) is 20.4. The number of aromatic nitrogens is 2. The fourth-order valence-electron chi connectivity index (χ4n) is 3.49. The van der Waals surface area contributed by atoms with Crippen LogP contribution in [0.1, 0.15) is 53.8 Å². The summed E-state index contributed by atoms with van der Waals surface area (Å²) < 4.78 is 11.4. The first-order valence-electron chi connectivity index (χ1n) is 9.35. The van der Waals surface area contributed by atoms with E-state index < -0.39 is 18.2 Å². The quantitative estimate of drug-likeness (QED) is 0.669. The number of nitrogens with zero attached hydrogens (tertiary/aromatic N) is 1. The van der Waals surface area contributed by atoms with Crippen LogP contribution in [0.15, 0.2) is 35.1 Å². The SMILES string of the molecule is Cc1sc2nc(C(C)OC(=O)[C@H]3CC[C@@H](c4ccccc4)O3)[nH]c(=O)c2c1C. The van der Waals surface area contributed by atoms with Gasteiger partial charge in [0.2, 0.25) is 0 Å². The molecule has 0 amide bonds. The zero-order valence-corrected chi connectivity index (χ0v) is 16.8. The largest absolute Gasteiger partial charge is 0.453 e. The third-order valence-corrected chi connectivity index (χ3v) is 6.29. The number of hydrogen-bond acceptors (Lipinski definition) is 6. The van der Waals surface area contributed by atoms with Gasteiger partial charge in [-0.25, -0.2) is 9.78 Å². The third-order valence-electron chi connectivity index (χ3n) is 5.19. The molecule has 0 bridgehead atoms. The number of carbonyl (C=O) groups is 1. The van der Waals surface area contributed by atoms with Gasteiger partial charge in [0.15, 0.2) is 18.0 Å². The van der Waals surface area contributed by atoms with Crippen LogP contribution in [0.5, 0.6) is 0 Å². The van der Waals surface area contributed by atoms with Crippen molar-refractivity contribution in [2.24, 2.45) is 0 Å². The summed E-state index contributed by atoms with van der Waals surface area (Å²) in [5, 5.41) is 0.606. The molecule has 4 rings (SSSR count). The molecular formula is C21H22N2O4S. The van der Waals surface area contributed by atoms with Gasteiger partial charge in [0.25, 0.3) is 5.56 Å². The summed E-state index contributed by atoms with van der Waals surface area (Å²) in [5.41, 5.74) is 1.80. The van der Waals surface area contributed by atoms with Crippen LogP contribution in [-0.4, -0.2) is 22.0 Å². The minimum atomic E-state index is -0.660. The molecule has 1 unspecified atom stereocenters. The lowest BCUT2D eigenvalue weighted by Gasteiger charge is -2.17. The Morgan fingerprint density at radius 1 is 1.29 bits per heavy atom. The van der Waals surface area contributed by atoms with E-state index >= 15 is 0 Å². The summed E-state index contributed by atoms with van der Waals surface area (Å²) >= 11 is 1.47. The Balaban J connectivity index is 1.46. The van der Waals surface area contributed by atoms with Gasteiger partial charge in [-0.3, -0.25) is 4.79 Å². The fraction of sp³-hybridized carbons (Fsp3) is 0.381. The first-order valence-corrected chi connectivity index (χ1v) is 10.2. The molecule has 146 valence electrons. The highest BCUT2D eigenvalue weighted by molar-refractivity contribution is 7.18. The summed E-state index contributed by atoms with van der Waals surface area (Å²) in [5.74, 6) is -0.0723. The second-order valence-corrected chi connectivity index (χ2v) is 8.30. The summed E-state index contributed by atoms with van der Waals surface area (Å²) in [6.45, 7) is 5.58. The van der Waals surface area contributed by atoms with Gasteiger partial charge in [0, 0.05) is 4.88 Å². The number of aromatic amines is 1. The predicted octanol–water partition coefficient (Wildman–Crippen LogP) is 4.13. The van der Waals surface area contributed by atoms with Crippen LogP contribution in [0.25, 0.3) is 10.2 Å². The smallest absolute Gasteiger partial charge is 0.335 e.